The Morgan fingerprint density at radius 1 is 1.10 bits per heavy atom. The second-order valence-corrected chi connectivity index (χ2v) is 5.27. The van der Waals surface area contributed by atoms with E-state index in [4.69, 9.17) is 4.74 Å². The van der Waals surface area contributed by atoms with E-state index in [1.807, 2.05) is 0 Å². The van der Waals surface area contributed by atoms with Crippen LogP contribution in [0.25, 0.3) is 10.8 Å². The van der Waals surface area contributed by atoms with Crippen LogP contribution in [0.15, 0.2) is 42.5 Å². The number of fused-ring (bicyclic) bond motifs is 1. The van der Waals surface area contributed by atoms with Gasteiger partial charge in [0.25, 0.3) is 0 Å². The summed E-state index contributed by atoms with van der Waals surface area (Å²) in [5.74, 6) is 0. The Morgan fingerprint density at radius 3 is 2.70 bits per heavy atom. The first kappa shape index (κ1) is 15.0. The van der Waals surface area contributed by atoms with Crippen LogP contribution in [0, 0.1) is 0 Å². The van der Waals surface area contributed by atoms with E-state index in [1.54, 1.807) is 7.11 Å². The summed E-state index contributed by atoms with van der Waals surface area (Å²) in [6.07, 6.45) is 3.28. The molecule has 0 amide bonds. The minimum atomic E-state index is 0.487. The standard InChI is InChI=1S/C18H25NO/c1-3-12-19-17(11-13-20-2)14-16-9-6-8-15-7-4-5-10-18(15)16/h4-10,17,19H,3,11-14H2,1-2H3. The monoisotopic (exact) mass is 271 g/mol. The minimum Gasteiger partial charge on any atom is -0.385 e. The quantitative estimate of drug-likeness (QED) is 0.789. The van der Waals surface area contributed by atoms with Gasteiger partial charge in [-0.15, -0.1) is 0 Å². The normalized spacial score (nSPS) is 12.7. The molecule has 0 aliphatic heterocycles. The summed E-state index contributed by atoms with van der Waals surface area (Å²) in [5, 5.41) is 6.33. The summed E-state index contributed by atoms with van der Waals surface area (Å²) in [6.45, 7) is 4.09. The highest BCUT2D eigenvalue weighted by Crippen LogP contribution is 2.20. The highest BCUT2D eigenvalue weighted by molar-refractivity contribution is 5.85. The maximum atomic E-state index is 5.24. The van der Waals surface area contributed by atoms with Crippen LogP contribution in [0.5, 0.6) is 0 Å². The fourth-order valence-electron chi connectivity index (χ4n) is 2.62. The van der Waals surface area contributed by atoms with Gasteiger partial charge in [0.05, 0.1) is 0 Å². The zero-order valence-corrected chi connectivity index (χ0v) is 12.6. The van der Waals surface area contributed by atoms with Gasteiger partial charge in [0.15, 0.2) is 0 Å². The summed E-state index contributed by atoms with van der Waals surface area (Å²) in [7, 11) is 1.77. The van der Waals surface area contributed by atoms with Gasteiger partial charge in [-0.05, 0) is 42.1 Å². The van der Waals surface area contributed by atoms with Crippen LogP contribution in [0.4, 0.5) is 0 Å². The van der Waals surface area contributed by atoms with Gasteiger partial charge >= 0.3 is 0 Å². The SMILES string of the molecule is CCCNC(CCOC)Cc1cccc2ccccc12. The molecule has 2 aromatic rings. The average Bonchev–Trinajstić information content (AvgIpc) is 2.50. The van der Waals surface area contributed by atoms with Gasteiger partial charge < -0.3 is 10.1 Å². The Kier molecular flexibility index (Phi) is 6.03. The van der Waals surface area contributed by atoms with Crippen molar-refractivity contribution < 1.29 is 4.74 Å². The molecule has 0 saturated heterocycles. The smallest absolute Gasteiger partial charge is 0.0477 e. The highest BCUT2D eigenvalue weighted by Gasteiger charge is 2.10. The number of hydrogen-bond acceptors (Lipinski definition) is 2. The first-order valence-corrected chi connectivity index (χ1v) is 7.54. The second kappa shape index (κ2) is 8.03. The van der Waals surface area contributed by atoms with Crippen LogP contribution in [-0.2, 0) is 11.2 Å². The van der Waals surface area contributed by atoms with E-state index in [9.17, 15) is 0 Å². The highest BCUT2D eigenvalue weighted by atomic mass is 16.5. The van der Waals surface area contributed by atoms with Crippen molar-refractivity contribution in [1.82, 2.24) is 5.32 Å². The average molecular weight is 271 g/mol. The van der Waals surface area contributed by atoms with Crippen molar-refractivity contribution in [2.24, 2.45) is 0 Å². The predicted molar refractivity (Wildman–Crippen MR) is 86.2 cm³/mol. The largest absolute Gasteiger partial charge is 0.385 e. The molecule has 20 heavy (non-hydrogen) atoms. The fraction of sp³-hybridized carbons (Fsp3) is 0.444. The molecule has 108 valence electrons. The third kappa shape index (κ3) is 4.06. The zero-order chi connectivity index (χ0) is 14.2. The molecule has 2 nitrogen and oxygen atoms in total. The van der Waals surface area contributed by atoms with Gasteiger partial charge in [-0.3, -0.25) is 0 Å². The van der Waals surface area contributed by atoms with E-state index in [0.717, 1.165) is 26.0 Å². The van der Waals surface area contributed by atoms with Crippen molar-refractivity contribution in [3.8, 4) is 0 Å². The Balaban J connectivity index is 2.14. The molecular formula is C18H25NO. The molecule has 2 heteroatoms. The Morgan fingerprint density at radius 2 is 1.90 bits per heavy atom. The summed E-state index contributed by atoms with van der Waals surface area (Å²) in [6, 6.07) is 15.7. The van der Waals surface area contributed by atoms with Crippen molar-refractivity contribution in [2.45, 2.75) is 32.2 Å². The van der Waals surface area contributed by atoms with Gasteiger partial charge in [0.2, 0.25) is 0 Å². The topological polar surface area (TPSA) is 21.3 Å². The number of methoxy groups -OCH3 is 1. The lowest BCUT2D eigenvalue weighted by atomic mass is 9.97. The van der Waals surface area contributed by atoms with Gasteiger partial charge in [0.1, 0.15) is 0 Å². The van der Waals surface area contributed by atoms with E-state index in [1.165, 1.54) is 22.8 Å². The minimum absolute atomic E-state index is 0.487. The lowest BCUT2D eigenvalue weighted by Gasteiger charge is -2.19. The zero-order valence-electron chi connectivity index (χ0n) is 12.6. The molecule has 1 unspecified atom stereocenters. The van der Waals surface area contributed by atoms with E-state index in [0.29, 0.717) is 6.04 Å². The van der Waals surface area contributed by atoms with Crippen LogP contribution >= 0.6 is 0 Å². The molecule has 1 N–H and O–H groups in total. The van der Waals surface area contributed by atoms with E-state index in [-0.39, 0.29) is 0 Å². The first-order chi connectivity index (χ1) is 9.85. The molecule has 0 radical (unpaired) electrons. The molecule has 0 heterocycles. The molecule has 1 atom stereocenters. The summed E-state index contributed by atoms with van der Waals surface area (Å²) in [5.41, 5.74) is 1.42. The molecule has 0 bridgehead atoms. The predicted octanol–water partition coefficient (Wildman–Crippen LogP) is 3.79. The summed E-state index contributed by atoms with van der Waals surface area (Å²) < 4.78 is 5.24. The van der Waals surface area contributed by atoms with Crippen molar-refractivity contribution in [3.05, 3.63) is 48.0 Å². The van der Waals surface area contributed by atoms with E-state index < -0.39 is 0 Å². The van der Waals surface area contributed by atoms with Crippen molar-refractivity contribution in [2.75, 3.05) is 20.3 Å². The molecule has 0 aliphatic carbocycles. The number of benzene rings is 2. The van der Waals surface area contributed by atoms with E-state index in [2.05, 4.69) is 54.7 Å². The van der Waals surface area contributed by atoms with Crippen LogP contribution in [0.1, 0.15) is 25.3 Å². The Hall–Kier alpha value is -1.38. The summed E-state index contributed by atoms with van der Waals surface area (Å²) in [4.78, 5) is 0. The van der Waals surface area contributed by atoms with Gasteiger partial charge in [-0.25, -0.2) is 0 Å². The third-order valence-corrected chi connectivity index (χ3v) is 3.70. The maximum absolute atomic E-state index is 5.24. The van der Waals surface area contributed by atoms with Crippen LogP contribution in [0.3, 0.4) is 0 Å². The van der Waals surface area contributed by atoms with E-state index >= 15 is 0 Å². The molecule has 0 aromatic heterocycles. The van der Waals surface area contributed by atoms with Gasteiger partial charge in [0, 0.05) is 19.8 Å². The third-order valence-electron chi connectivity index (χ3n) is 3.70. The molecule has 2 rings (SSSR count). The lowest BCUT2D eigenvalue weighted by molar-refractivity contribution is 0.182. The number of nitrogens with one attached hydrogen (secondary N) is 1. The fourth-order valence-corrected chi connectivity index (χ4v) is 2.62. The Labute approximate surface area is 122 Å². The molecule has 0 fully saturated rings. The van der Waals surface area contributed by atoms with Crippen molar-refractivity contribution >= 4 is 10.8 Å². The molecular weight excluding hydrogens is 246 g/mol. The summed E-state index contributed by atoms with van der Waals surface area (Å²) >= 11 is 0. The molecule has 2 aromatic carbocycles. The van der Waals surface area contributed by atoms with Crippen LogP contribution in [0.2, 0.25) is 0 Å². The van der Waals surface area contributed by atoms with Gasteiger partial charge in [-0.2, -0.15) is 0 Å². The van der Waals surface area contributed by atoms with Crippen LogP contribution < -0.4 is 5.32 Å². The second-order valence-electron chi connectivity index (χ2n) is 5.27. The van der Waals surface area contributed by atoms with Crippen molar-refractivity contribution in [1.29, 1.82) is 0 Å². The first-order valence-electron chi connectivity index (χ1n) is 7.54. The maximum Gasteiger partial charge on any atom is 0.0477 e. The molecule has 0 aliphatic rings. The Bertz CT molecular complexity index is 510. The number of hydrogen-bond donors (Lipinski definition) is 1. The lowest BCUT2D eigenvalue weighted by Crippen LogP contribution is -2.33. The van der Waals surface area contributed by atoms with Gasteiger partial charge in [-0.1, -0.05) is 49.4 Å². The van der Waals surface area contributed by atoms with Crippen LogP contribution in [-0.4, -0.2) is 26.3 Å². The number of ether oxygens (including phenoxy) is 1. The molecule has 0 spiro atoms. The van der Waals surface area contributed by atoms with Crippen molar-refractivity contribution in [3.63, 3.8) is 0 Å². The molecule has 0 saturated carbocycles. The number of rotatable bonds is 8.